The quantitative estimate of drug-likeness (QED) is 0.557. The monoisotopic (exact) mass is 164 g/mol. The third-order valence-electron chi connectivity index (χ3n) is 3.55. The summed E-state index contributed by atoms with van der Waals surface area (Å²) in [7, 11) is 6.13. The first-order valence-corrected chi connectivity index (χ1v) is 5.34. The summed E-state index contributed by atoms with van der Waals surface area (Å²) < 4.78 is 0. The van der Waals surface area contributed by atoms with Crippen molar-refractivity contribution in [3.05, 3.63) is 0 Å². The summed E-state index contributed by atoms with van der Waals surface area (Å²) in [6.07, 6.45) is 6.64. The lowest BCUT2D eigenvalue weighted by molar-refractivity contribution is 0.195. The maximum Gasteiger partial charge on any atom is 0.0742 e. The molecule has 0 aromatic rings. The summed E-state index contributed by atoms with van der Waals surface area (Å²) >= 11 is 0. The Labute approximate surface area is 78.5 Å². The lowest BCUT2D eigenvalue weighted by Gasteiger charge is -2.36. The van der Waals surface area contributed by atoms with E-state index in [0.29, 0.717) is 0 Å². The molecule has 0 spiro atoms. The van der Waals surface area contributed by atoms with Gasteiger partial charge in [-0.15, -0.1) is 0 Å². The van der Waals surface area contributed by atoms with Crippen molar-refractivity contribution < 1.29 is 0 Å². The zero-order valence-corrected chi connectivity index (χ0v) is 8.77. The minimum Gasteiger partial charge on any atom is -0.0688 e. The van der Waals surface area contributed by atoms with Crippen LogP contribution in [0.3, 0.4) is 0 Å². The first kappa shape index (κ1) is 10.1. The summed E-state index contributed by atoms with van der Waals surface area (Å²) in [5, 5.41) is 0.0784. The molecule has 68 valence electrons. The highest BCUT2D eigenvalue weighted by Crippen LogP contribution is 2.42. The Bertz CT molecular complexity index is 136. The highest BCUT2D eigenvalue weighted by molar-refractivity contribution is 6.14. The molecular weight excluding hydrogens is 143 g/mol. The molecule has 0 bridgehead atoms. The van der Waals surface area contributed by atoms with Crippen LogP contribution in [-0.2, 0) is 0 Å². The second kappa shape index (κ2) is 3.85. The topological polar surface area (TPSA) is 0 Å². The van der Waals surface area contributed by atoms with Gasteiger partial charge in [-0.05, 0) is 11.8 Å². The molecule has 0 heterocycles. The Morgan fingerprint density at radius 1 is 1.50 bits per heavy atom. The van der Waals surface area contributed by atoms with Gasteiger partial charge in [0.15, 0.2) is 0 Å². The molecule has 0 aromatic heterocycles. The summed E-state index contributed by atoms with van der Waals surface area (Å²) in [5.41, 5.74) is 0. The van der Waals surface area contributed by atoms with E-state index in [1.54, 1.807) is 0 Å². The van der Waals surface area contributed by atoms with Crippen LogP contribution in [0.2, 0.25) is 5.31 Å². The predicted octanol–water partition coefficient (Wildman–Crippen LogP) is 3.57. The number of hydrogen-bond acceptors (Lipinski definition) is 0. The van der Waals surface area contributed by atoms with Crippen molar-refractivity contribution >= 4 is 7.85 Å². The van der Waals surface area contributed by atoms with Crippen LogP contribution in [0.25, 0.3) is 0 Å². The predicted molar refractivity (Wildman–Crippen MR) is 55.5 cm³/mol. The summed E-state index contributed by atoms with van der Waals surface area (Å²) in [6.45, 7) is 6.74. The number of hydrogen-bond donors (Lipinski definition) is 0. The highest BCUT2D eigenvalue weighted by Gasteiger charge is 2.27. The van der Waals surface area contributed by atoms with E-state index in [4.69, 9.17) is 7.85 Å². The van der Waals surface area contributed by atoms with Crippen LogP contribution in [0.4, 0.5) is 0 Å². The molecule has 1 saturated carbocycles. The van der Waals surface area contributed by atoms with E-state index >= 15 is 0 Å². The van der Waals surface area contributed by atoms with Crippen LogP contribution in [0.15, 0.2) is 0 Å². The van der Waals surface area contributed by atoms with E-state index in [-0.39, 0.29) is 5.31 Å². The number of rotatable bonds is 4. The molecule has 0 N–H and O–H groups in total. The van der Waals surface area contributed by atoms with Gasteiger partial charge >= 0.3 is 0 Å². The van der Waals surface area contributed by atoms with E-state index in [1.807, 2.05) is 0 Å². The first-order chi connectivity index (χ1) is 5.55. The highest BCUT2D eigenvalue weighted by atomic mass is 14.3. The van der Waals surface area contributed by atoms with E-state index in [0.717, 1.165) is 18.3 Å². The fraction of sp³-hybridized carbons (Fsp3) is 1.00. The molecule has 0 saturated heterocycles. The van der Waals surface area contributed by atoms with Crippen LogP contribution < -0.4 is 0 Å². The van der Waals surface area contributed by atoms with Crippen molar-refractivity contribution in [3.63, 3.8) is 0 Å². The van der Waals surface area contributed by atoms with Crippen LogP contribution >= 0.6 is 0 Å². The molecule has 1 aliphatic rings. The lowest BCUT2D eigenvalue weighted by atomic mass is 9.61. The molecule has 2 radical (unpaired) electrons. The molecule has 1 rings (SSSR count). The minimum atomic E-state index is 0.0784. The van der Waals surface area contributed by atoms with Gasteiger partial charge in [-0.1, -0.05) is 58.2 Å². The second-order valence-electron chi connectivity index (χ2n) is 4.88. The Morgan fingerprint density at radius 2 is 2.08 bits per heavy atom. The van der Waals surface area contributed by atoms with E-state index in [1.165, 1.54) is 25.7 Å². The zero-order chi connectivity index (χ0) is 9.19. The van der Waals surface area contributed by atoms with Crippen LogP contribution in [0, 0.1) is 11.8 Å². The molecule has 0 aromatic carbocycles. The summed E-state index contributed by atoms with van der Waals surface area (Å²) in [4.78, 5) is 0. The molecule has 0 amide bonds. The SMILES string of the molecule is [B]C(C)(CC)CC(C)C1CCC1. The molecule has 0 aliphatic heterocycles. The third kappa shape index (κ3) is 2.53. The summed E-state index contributed by atoms with van der Waals surface area (Å²) in [5.74, 6) is 1.83. The maximum absolute atomic E-state index is 6.13. The van der Waals surface area contributed by atoms with Crippen molar-refractivity contribution in [2.75, 3.05) is 0 Å². The van der Waals surface area contributed by atoms with E-state index in [2.05, 4.69) is 20.8 Å². The average Bonchev–Trinajstić information content (AvgIpc) is 1.82. The minimum absolute atomic E-state index is 0.0784. The maximum atomic E-state index is 6.13. The Hall–Kier alpha value is 0.0649. The standard InChI is InChI=1S/C11H21B/c1-4-11(3,12)8-9(2)10-6-5-7-10/h9-10H,4-8H2,1-3H3. The van der Waals surface area contributed by atoms with Crippen molar-refractivity contribution in [1.82, 2.24) is 0 Å². The Kier molecular flexibility index (Phi) is 3.26. The molecule has 2 atom stereocenters. The molecule has 2 unspecified atom stereocenters. The molecular formula is C11H21B. The molecule has 12 heavy (non-hydrogen) atoms. The second-order valence-corrected chi connectivity index (χ2v) is 4.88. The normalized spacial score (nSPS) is 25.9. The fourth-order valence-electron chi connectivity index (χ4n) is 2.06. The van der Waals surface area contributed by atoms with Gasteiger partial charge in [0.2, 0.25) is 0 Å². The lowest BCUT2D eigenvalue weighted by Crippen LogP contribution is -2.23. The molecule has 1 aliphatic carbocycles. The van der Waals surface area contributed by atoms with Crippen LogP contribution in [-0.4, -0.2) is 7.85 Å². The van der Waals surface area contributed by atoms with Gasteiger partial charge in [-0.3, -0.25) is 0 Å². The Balaban J connectivity index is 2.28. The van der Waals surface area contributed by atoms with Gasteiger partial charge in [0.1, 0.15) is 0 Å². The van der Waals surface area contributed by atoms with Gasteiger partial charge in [-0.2, -0.15) is 0 Å². The van der Waals surface area contributed by atoms with Crippen molar-refractivity contribution in [1.29, 1.82) is 0 Å². The van der Waals surface area contributed by atoms with Gasteiger partial charge in [0.25, 0.3) is 0 Å². The Morgan fingerprint density at radius 3 is 2.42 bits per heavy atom. The van der Waals surface area contributed by atoms with Crippen molar-refractivity contribution in [2.24, 2.45) is 11.8 Å². The average molecular weight is 164 g/mol. The third-order valence-corrected chi connectivity index (χ3v) is 3.55. The largest absolute Gasteiger partial charge is 0.0742 e. The van der Waals surface area contributed by atoms with Gasteiger partial charge in [-0.25, -0.2) is 0 Å². The van der Waals surface area contributed by atoms with Crippen LogP contribution in [0.1, 0.15) is 52.9 Å². The molecule has 1 fully saturated rings. The van der Waals surface area contributed by atoms with E-state index < -0.39 is 0 Å². The fourth-order valence-corrected chi connectivity index (χ4v) is 2.06. The van der Waals surface area contributed by atoms with Gasteiger partial charge < -0.3 is 0 Å². The molecule has 0 nitrogen and oxygen atoms in total. The van der Waals surface area contributed by atoms with E-state index in [9.17, 15) is 0 Å². The summed E-state index contributed by atoms with van der Waals surface area (Å²) in [6, 6.07) is 0. The smallest absolute Gasteiger partial charge is 0.0688 e. The molecule has 1 heteroatoms. The van der Waals surface area contributed by atoms with Gasteiger partial charge in [0.05, 0.1) is 7.85 Å². The van der Waals surface area contributed by atoms with Crippen molar-refractivity contribution in [2.45, 2.75) is 58.2 Å². The van der Waals surface area contributed by atoms with Crippen molar-refractivity contribution in [3.8, 4) is 0 Å². The zero-order valence-electron chi connectivity index (χ0n) is 8.77. The van der Waals surface area contributed by atoms with Crippen LogP contribution in [0.5, 0.6) is 0 Å². The van der Waals surface area contributed by atoms with Gasteiger partial charge in [0, 0.05) is 0 Å². The first-order valence-electron chi connectivity index (χ1n) is 5.34.